The molecule has 3 N–H and O–H groups in total. The fourth-order valence-electron chi connectivity index (χ4n) is 2.97. The van der Waals surface area contributed by atoms with Crippen molar-refractivity contribution in [2.24, 2.45) is 11.7 Å². The van der Waals surface area contributed by atoms with Crippen LogP contribution in [-0.4, -0.2) is 37.0 Å². The van der Waals surface area contributed by atoms with E-state index in [1.165, 1.54) is 6.42 Å². The van der Waals surface area contributed by atoms with E-state index in [9.17, 15) is 4.79 Å². The first kappa shape index (κ1) is 15.3. The Morgan fingerprint density at radius 1 is 1.45 bits per heavy atom. The second-order valence-corrected chi connectivity index (χ2v) is 5.84. The number of hydrogen-bond acceptors (Lipinski definition) is 3. The Kier molecular flexibility index (Phi) is 5.40. The van der Waals surface area contributed by atoms with Gasteiger partial charge in [-0.25, -0.2) is 0 Å². The van der Waals surface area contributed by atoms with Crippen molar-refractivity contribution in [2.45, 2.75) is 25.3 Å². The molecule has 2 unspecified atom stereocenters. The Morgan fingerprint density at radius 3 is 2.90 bits per heavy atom. The Bertz CT molecular complexity index is 466. The molecule has 0 heterocycles. The summed E-state index contributed by atoms with van der Waals surface area (Å²) in [5, 5.41) is 3.41. The number of nitrogens with zero attached hydrogens (tertiary/aromatic N) is 1. The molecule has 4 nitrogen and oxygen atoms in total. The Balaban J connectivity index is 1.90. The van der Waals surface area contributed by atoms with Gasteiger partial charge in [-0.1, -0.05) is 30.2 Å². The van der Waals surface area contributed by atoms with Crippen molar-refractivity contribution in [3.05, 3.63) is 29.3 Å². The molecule has 1 aliphatic carbocycles. The highest BCUT2D eigenvalue weighted by Gasteiger charge is 2.30. The molecule has 5 heteroatoms. The number of amides is 1. The first-order valence-electron chi connectivity index (χ1n) is 7.06. The van der Waals surface area contributed by atoms with Gasteiger partial charge in [-0.2, -0.15) is 0 Å². The lowest BCUT2D eigenvalue weighted by Gasteiger charge is -2.28. The number of carbonyl (C=O) groups excluding carboxylic acids is 1. The van der Waals surface area contributed by atoms with Crippen molar-refractivity contribution in [2.75, 3.05) is 25.5 Å². The van der Waals surface area contributed by atoms with Crippen molar-refractivity contribution in [3.63, 3.8) is 0 Å². The van der Waals surface area contributed by atoms with E-state index in [0.29, 0.717) is 35.8 Å². The molecule has 0 bridgehead atoms. The summed E-state index contributed by atoms with van der Waals surface area (Å²) in [7, 11) is 1.99. The van der Waals surface area contributed by atoms with Gasteiger partial charge in [0.15, 0.2) is 0 Å². The highest BCUT2D eigenvalue weighted by molar-refractivity contribution is 6.33. The summed E-state index contributed by atoms with van der Waals surface area (Å²) in [5.41, 5.74) is 6.45. The van der Waals surface area contributed by atoms with Crippen LogP contribution in [-0.2, 0) is 4.79 Å². The second-order valence-electron chi connectivity index (χ2n) is 5.44. The maximum Gasteiger partial charge on any atom is 0.238 e. The maximum atomic E-state index is 12.1. The predicted octanol–water partition coefficient (Wildman–Crippen LogP) is 2.34. The maximum absolute atomic E-state index is 12.1. The second kappa shape index (κ2) is 7.07. The van der Waals surface area contributed by atoms with Crippen LogP contribution in [0.2, 0.25) is 5.02 Å². The molecule has 0 saturated heterocycles. The lowest BCUT2D eigenvalue weighted by atomic mass is 10.0. The van der Waals surface area contributed by atoms with Crippen molar-refractivity contribution in [3.8, 4) is 0 Å². The third-order valence-corrected chi connectivity index (χ3v) is 4.36. The molecule has 1 saturated carbocycles. The topological polar surface area (TPSA) is 58.4 Å². The van der Waals surface area contributed by atoms with Gasteiger partial charge in [0.1, 0.15) is 0 Å². The van der Waals surface area contributed by atoms with E-state index in [1.54, 1.807) is 12.1 Å². The molecular formula is C15H22ClN3O. The lowest BCUT2D eigenvalue weighted by molar-refractivity contribution is -0.117. The number of para-hydroxylation sites is 1. The molecule has 1 aromatic rings. The van der Waals surface area contributed by atoms with Gasteiger partial charge in [-0.15, -0.1) is 0 Å². The van der Waals surface area contributed by atoms with E-state index in [4.69, 9.17) is 17.3 Å². The van der Waals surface area contributed by atoms with Crippen molar-refractivity contribution in [1.82, 2.24) is 4.90 Å². The van der Waals surface area contributed by atoms with Crippen LogP contribution in [0.1, 0.15) is 19.3 Å². The zero-order valence-electron chi connectivity index (χ0n) is 11.8. The number of hydrogen-bond donors (Lipinski definition) is 2. The zero-order chi connectivity index (χ0) is 14.5. The molecule has 0 radical (unpaired) electrons. The van der Waals surface area contributed by atoms with Gasteiger partial charge in [0.25, 0.3) is 0 Å². The molecule has 1 aromatic carbocycles. The first-order valence-corrected chi connectivity index (χ1v) is 7.44. The van der Waals surface area contributed by atoms with E-state index in [1.807, 2.05) is 19.2 Å². The summed E-state index contributed by atoms with van der Waals surface area (Å²) in [5.74, 6) is 0.469. The highest BCUT2D eigenvalue weighted by Crippen LogP contribution is 2.28. The number of benzene rings is 1. The summed E-state index contributed by atoms with van der Waals surface area (Å²) in [6.45, 7) is 1.06. The van der Waals surface area contributed by atoms with E-state index >= 15 is 0 Å². The molecular weight excluding hydrogens is 274 g/mol. The Labute approximate surface area is 125 Å². The van der Waals surface area contributed by atoms with Crippen LogP contribution >= 0.6 is 11.6 Å². The Hall–Kier alpha value is -1.10. The van der Waals surface area contributed by atoms with Gasteiger partial charge in [0.05, 0.1) is 17.3 Å². The predicted molar refractivity (Wildman–Crippen MR) is 82.9 cm³/mol. The van der Waals surface area contributed by atoms with Crippen LogP contribution < -0.4 is 11.1 Å². The van der Waals surface area contributed by atoms with E-state index < -0.39 is 0 Å². The summed E-state index contributed by atoms with van der Waals surface area (Å²) >= 11 is 6.03. The minimum absolute atomic E-state index is 0.0386. The average Bonchev–Trinajstić information content (AvgIpc) is 2.89. The largest absolute Gasteiger partial charge is 0.330 e. The van der Waals surface area contributed by atoms with Crippen LogP contribution in [0.4, 0.5) is 5.69 Å². The smallest absolute Gasteiger partial charge is 0.238 e. The summed E-state index contributed by atoms with van der Waals surface area (Å²) in [4.78, 5) is 14.2. The molecule has 0 aromatic heterocycles. The molecule has 0 aliphatic heterocycles. The minimum Gasteiger partial charge on any atom is -0.330 e. The van der Waals surface area contributed by atoms with Crippen LogP contribution in [0.3, 0.4) is 0 Å². The molecule has 1 fully saturated rings. The van der Waals surface area contributed by atoms with Gasteiger partial charge < -0.3 is 11.1 Å². The number of halogens is 1. The first-order chi connectivity index (χ1) is 9.61. The van der Waals surface area contributed by atoms with Crippen molar-refractivity contribution < 1.29 is 4.79 Å². The number of anilines is 1. The van der Waals surface area contributed by atoms with Gasteiger partial charge >= 0.3 is 0 Å². The third-order valence-electron chi connectivity index (χ3n) is 4.03. The van der Waals surface area contributed by atoms with Gasteiger partial charge in [-0.3, -0.25) is 9.69 Å². The molecule has 1 aliphatic rings. The van der Waals surface area contributed by atoms with Gasteiger partial charge in [-0.05, 0) is 44.5 Å². The summed E-state index contributed by atoms with van der Waals surface area (Å²) in [6.07, 6.45) is 3.48. The van der Waals surface area contributed by atoms with Crippen molar-refractivity contribution in [1.29, 1.82) is 0 Å². The third kappa shape index (κ3) is 3.72. The number of rotatable bonds is 5. The SMILES string of the molecule is CN(CC(=O)Nc1ccccc1Cl)C1CCCC1CN. The molecule has 20 heavy (non-hydrogen) atoms. The number of carbonyl (C=O) groups is 1. The normalized spacial score (nSPS) is 22.2. The molecule has 0 spiro atoms. The Morgan fingerprint density at radius 2 is 2.20 bits per heavy atom. The number of nitrogens with one attached hydrogen (secondary N) is 1. The number of likely N-dealkylation sites (N-methyl/N-ethyl adjacent to an activating group) is 1. The fourth-order valence-corrected chi connectivity index (χ4v) is 3.15. The quantitative estimate of drug-likeness (QED) is 0.876. The fraction of sp³-hybridized carbons (Fsp3) is 0.533. The van der Waals surface area contributed by atoms with E-state index in [2.05, 4.69) is 10.2 Å². The van der Waals surface area contributed by atoms with Crippen LogP contribution in [0.5, 0.6) is 0 Å². The van der Waals surface area contributed by atoms with Gasteiger partial charge in [0, 0.05) is 6.04 Å². The molecule has 1 amide bonds. The zero-order valence-corrected chi connectivity index (χ0v) is 12.6. The minimum atomic E-state index is -0.0386. The number of nitrogens with two attached hydrogens (primary N) is 1. The summed E-state index contributed by atoms with van der Waals surface area (Å²) in [6, 6.07) is 7.68. The van der Waals surface area contributed by atoms with E-state index in [-0.39, 0.29) is 5.91 Å². The van der Waals surface area contributed by atoms with Crippen LogP contribution in [0.15, 0.2) is 24.3 Å². The highest BCUT2D eigenvalue weighted by atomic mass is 35.5. The van der Waals surface area contributed by atoms with Gasteiger partial charge in [0.2, 0.25) is 5.91 Å². The standard InChI is InChI=1S/C15H22ClN3O/c1-19(14-8-4-5-11(14)9-17)10-15(20)18-13-7-3-2-6-12(13)16/h2-3,6-7,11,14H,4-5,8-10,17H2,1H3,(H,18,20). The van der Waals surface area contributed by atoms with Crippen LogP contribution in [0.25, 0.3) is 0 Å². The molecule has 2 rings (SSSR count). The average molecular weight is 296 g/mol. The molecule has 2 atom stereocenters. The monoisotopic (exact) mass is 295 g/mol. The molecule has 110 valence electrons. The summed E-state index contributed by atoms with van der Waals surface area (Å²) < 4.78 is 0. The van der Waals surface area contributed by atoms with Crippen molar-refractivity contribution >= 4 is 23.2 Å². The lowest BCUT2D eigenvalue weighted by Crippen LogP contribution is -2.41. The van der Waals surface area contributed by atoms with E-state index in [0.717, 1.165) is 12.8 Å². The van der Waals surface area contributed by atoms with Crippen LogP contribution in [0, 0.1) is 5.92 Å².